The summed E-state index contributed by atoms with van der Waals surface area (Å²) in [4.78, 5) is 51.5. The maximum Gasteiger partial charge on any atom is 0.469 e. The van der Waals surface area contributed by atoms with Gasteiger partial charge < -0.3 is 30.4 Å². The summed E-state index contributed by atoms with van der Waals surface area (Å²) < 4.78 is 15.6. The number of nitrogens with zero attached hydrogens (tertiary/aromatic N) is 2. The second kappa shape index (κ2) is 12.3. The van der Waals surface area contributed by atoms with E-state index in [0.717, 1.165) is 21.7 Å². The highest BCUT2D eigenvalue weighted by Gasteiger charge is 2.44. The lowest BCUT2D eigenvalue weighted by molar-refractivity contribution is -0.142. The van der Waals surface area contributed by atoms with Crippen molar-refractivity contribution in [2.75, 3.05) is 20.2 Å². The van der Waals surface area contributed by atoms with Crippen LogP contribution in [0.25, 0.3) is 10.4 Å². The maximum atomic E-state index is 13.6. The minimum Gasteiger partial charge on any atom is -0.391 e. The summed E-state index contributed by atoms with van der Waals surface area (Å²) in [6.07, 6.45) is -0.548. The monoisotopic (exact) mass is 568 g/mol. The molecule has 5 N–H and O–H groups in total. The van der Waals surface area contributed by atoms with Crippen molar-refractivity contribution in [1.82, 2.24) is 20.5 Å². The topological polar surface area (TPSA) is 161 Å². The quantitative estimate of drug-likeness (QED) is 0.256. The van der Waals surface area contributed by atoms with Gasteiger partial charge in [-0.2, -0.15) is 0 Å². The molecule has 1 aromatic heterocycles. The fourth-order valence-electron chi connectivity index (χ4n) is 4.79. The Kier molecular flexibility index (Phi) is 9.86. The first-order valence-corrected chi connectivity index (χ1v) is 14.8. The van der Waals surface area contributed by atoms with E-state index >= 15 is 0 Å². The Labute approximate surface area is 226 Å². The van der Waals surface area contributed by atoms with Crippen molar-refractivity contribution < 1.29 is 33.6 Å². The Morgan fingerprint density at radius 1 is 1.29 bits per heavy atom. The van der Waals surface area contributed by atoms with E-state index in [1.165, 1.54) is 4.90 Å². The van der Waals surface area contributed by atoms with E-state index in [1.807, 2.05) is 38.1 Å². The molecule has 3 rings (SSSR count). The van der Waals surface area contributed by atoms with Gasteiger partial charge in [0.05, 0.1) is 40.9 Å². The summed E-state index contributed by atoms with van der Waals surface area (Å²) in [7, 11) is -3.02. The molecule has 0 spiro atoms. The molecule has 2 amide bonds. The molecule has 210 valence electrons. The van der Waals surface area contributed by atoms with E-state index in [4.69, 9.17) is 9.79 Å². The van der Waals surface area contributed by atoms with Crippen molar-refractivity contribution in [1.29, 1.82) is 0 Å². The number of carbonyl (C=O) groups excluding carboxylic acids is 2. The van der Waals surface area contributed by atoms with Crippen molar-refractivity contribution in [3.05, 3.63) is 41.0 Å². The number of benzene rings is 1. The maximum absolute atomic E-state index is 13.6. The van der Waals surface area contributed by atoms with Crippen LogP contribution in [-0.4, -0.2) is 75.0 Å². The number of hydrogen-bond donors (Lipinski definition) is 5. The number of aromatic nitrogens is 1. The molecule has 0 bridgehead atoms. The number of aryl methyl sites for hydroxylation is 1. The van der Waals surface area contributed by atoms with E-state index in [1.54, 1.807) is 37.7 Å². The first-order chi connectivity index (χ1) is 17.7. The van der Waals surface area contributed by atoms with Crippen LogP contribution in [0.3, 0.4) is 0 Å². The number of phosphoric acid groups is 1. The van der Waals surface area contributed by atoms with Gasteiger partial charge in [-0.15, -0.1) is 11.3 Å². The molecule has 38 heavy (non-hydrogen) atoms. The summed E-state index contributed by atoms with van der Waals surface area (Å²) in [5, 5.41) is 16.3. The third-order valence-corrected chi connectivity index (χ3v) is 8.46. The zero-order chi connectivity index (χ0) is 28.3. The van der Waals surface area contributed by atoms with Crippen LogP contribution in [0.5, 0.6) is 0 Å². The van der Waals surface area contributed by atoms with Gasteiger partial charge in [-0.1, -0.05) is 38.1 Å². The van der Waals surface area contributed by atoms with Crippen LogP contribution < -0.4 is 10.6 Å². The molecule has 0 saturated carbocycles. The van der Waals surface area contributed by atoms with E-state index in [2.05, 4.69) is 20.1 Å². The van der Waals surface area contributed by atoms with Gasteiger partial charge in [-0.3, -0.25) is 14.1 Å². The Bertz CT molecular complexity index is 1170. The molecule has 1 aliphatic rings. The zero-order valence-electron chi connectivity index (χ0n) is 22.2. The average Bonchev–Trinajstić information content (AvgIpc) is 3.43. The van der Waals surface area contributed by atoms with E-state index in [-0.39, 0.29) is 43.8 Å². The van der Waals surface area contributed by atoms with Crippen molar-refractivity contribution in [2.45, 2.75) is 64.8 Å². The van der Waals surface area contributed by atoms with Crippen LogP contribution in [0.15, 0.2) is 29.8 Å². The normalized spacial score (nSPS) is 19.8. The number of nitrogens with one attached hydrogen (secondary N) is 2. The number of likely N-dealkylation sites (N-methyl/N-ethyl adjacent to an activating group) is 1. The molecule has 0 aliphatic carbocycles. The molecule has 1 aliphatic heterocycles. The number of aliphatic hydroxyl groups excluding tert-OH is 1. The first kappa shape index (κ1) is 30.4. The van der Waals surface area contributed by atoms with Gasteiger partial charge in [0.25, 0.3) is 0 Å². The van der Waals surface area contributed by atoms with Crippen LogP contribution in [0.2, 0.25) is 0 Å². The van der Waals surface area contributed by atoms with Crippen LogP contribution in [0, 0.1) is 12.3 Å². The van der Waals surface area contributed by atoms with Gasteiger partial charge in [0.15, 0.2) is 0 Å². The van der Waals surface area contributed by atoms with Crippen LogP contribution in [0.4, 0.5) is 0 Å². The molecule has 1 saturated heterocycles. The van der Waals surface area contributed by atoms with Crippen LogP contribution >= 0.6 is 19.2 Å². The molecule has 11 nitrogen and oxygen atoms in total. The highest BCUT2D eigenvalue weighted by molar-refractivity contribution is 7.46. The fraction of sp³-hybridized carbons (Fsp3) is 0.560. The second-order valence-corrected chi connectivity index (χ2v) is 12.4. The van der Waals surface area contributed by atoms with Crippen LogP contribution in [0.1, 0.15) is 50.9 Å². The number of carbonyl (C=O) groups is 2. The summed E-state index contributed by atoms with van der Waals surface area (Å²) in [5.74, 6) is -0.732. The lowest BCUT2D eigenvalue weighted by Gasteiger charge is -2.37. The molecule has 0 unspecified atom stereocenters. The van der Waals surface area contributed by atoms with E-state index in [0.29, 0.717) is 0 Å². The van der Waals surface area contributed by atoms with E-state index < -0.39 is 31.4 Å². The number of thiazole rings is 1. The molecule has 2 aromatic rings. The third kappa shape index (κ3) is 7.47. The fourth-order valence-corrected chi connectivity index (χ4v) is 5.93. The Morgan fingerprint density at radius 3 is 2.50 bits per heavy atom. The van der Waals surface area contributed by atoms with Crippen molar-refractivity contribution in [3.63, 3.8) is 0 Å². The molecule has 13 heteroatoms. The molecule has 1 fully saturated rings. The molecule has 0 radical (unpaired) electrons. The predicted molar refractivity (Wildman–Crippen MR) is 144 cm³/mol. The lowest BCUT2D eigenvalue weighted by Crippen LogP contribution is -2.56. The number of phosphoric ester groups is 1. The SMILES string of the molecule is CN[C@@H](C(=O)N1C[C@H](O)C[C@H]1C(=O)N[C@@H](C)c1ccc(-c2scnc2C)cc1)C(C)(C)CCOP(=O)(O)O. The lowest BCUT2D eigenvalue weighted by atomic mass is 9.80. The van der Waals surface area contributed by atoms with Crippen molar-refractivity contribution in [2.24, 2.45) is 5.41 Å². The molecule has 2 heterocycles. The van der Waals surface area contributed by atoms with Gasteiger partial charge in [-0.25, -0.2) is 9.55 Å². The first-order valence-electron chi connectivity index (χ1n) is 12.4. The van der Waals surface area contributed by atoms with Crippen molar-refractivity contribution >= 4 is 31.0 Å². The summed E-state index contributed by atoms with van der Waals surface area (Å²) >= 11 is 1.57. The standard InChI is InChI=1S/C25H37N4O7PS/c1-15(17-6-8-18(9-7-17)21-16(2)27-14-38-21)28-23(31)20-12-19(30)13-29(20)24(32)22(26-5)25(3,4)10-11-36-37(33,34)35/h6-9,14-15,19-20,22,26,30H,10-13H2,1-5H3,(H,28,31)(H2,33,34,35)/t15-,19+,20-,22-/m0/s1. The van der Waals surface area contributed by atoms with Crippen molar-refractivity contribution in [3.8, 4) is 10.4 Å². The molecule has 4 atom stereocenters. The zero-order valence-corrected chi connectivity index (χ0v) is 24.0. The van der Waals surface area contributed by atoms with Gasteiger partial charge in [-0.05, 0) is 43.9 Å². The van der Waals surface area contributed by atoms with Gasteiger partial charge >= 0.3 is 7.82 Å². The third-order valence-electron chi connectivity index (χ3n) is 6.96. The Balaban J connectivity index is 1.68. The minimum atomic E-state index is -4.63. The summed E-state index contributed by atoms with van der Waals surface area (Å²) in [6.45, 7) is 7.15. The predicted octanol–water partition coefficient (Wildman–Crippen LogP) is 2.37. The molecular weight excluding hydrogens is 531 g/mol. The highest BCUT2D eigenvalue weighted by Crippen LogP contribution is 2.38. The number of aliphatic hydroxyl groups is 1. The number of β-amino-alcohol motifs (C(OH)–C–C–N with tert-alkyl or cyclic N) is 1. The van der Waals surface area contributed by atoms with Gasteiger partial charge in [0.2, 0.25) is 11.8 Å². The summed E-state index contributed by atoms with van der Waals surface area (Å²) in [6, 6.07) is 5.93. The largest absolute Gasteiger partial charge is 0.469 e. The minimum absolute atomic E-state index is 0.0153. The smallest absolute Gasteiger partial charge is 0.391 e. The number of amides is 2. The van der Waals surface area contributed by atoms with Crippen LogP contribution in [-0.2, 0) is 18.7 Å². The number of rotatable bonds is 11. The highest BCUT2D eigenvalue weighted by atomic mass is 32.1. The Hall–Kier alpha value is -2.18. The average molecular weight is 569 g/mol. The van der Waals surface area contributed by atoms with Gasteiger partial charge in [0, 0.05) is 13.0 Å². The molecule has 1 aromatic carbocycles. The number of likely N-dealkylation sites (tertiary alicyclic amines) is 1. The second-order valence-electron chi connectivity index (χ2n) is 10.3. The summed E-state index contributed by atoms with van der Waals surface area (Å²) in [5.41, 5.74) is 3.96. The number of hydrogen-bond acceptors (Lipinski definition) is 8. The van der Waals surface area contributed by atoms with E-state index in [9.17, 15) is 19.3 Å². The molecular formula is C25H37N4O7PS. The Morgan fingerprint density at radius 2 is 1.95 bits per heavy atom. The van der Waals surface area contributed by atoms with Gasteiger partial charge in [0.1, 0.15) is 6.04 Å².